The molecule has 7 heteroatoms. The predicted octanol–water partition coefficient (Wildman–Crippen LogP) is 0.0372. The van der Waals surface area contributed by atoms with Crippen LogP contribution in [0.25, 0.3) is 0 Å². The molecule has 0 unspecified atom stereocenters. The Morgan fingerprint density at radius 1 is 0.846 bits per heavy atom. The first-order valence-corrected chi connectivity index (χ1v) is 7.36. The third kappa shape index (κ3) is 19.5. The van der Waals surface area contributed by atoms with Crippen molar-refractivity contribution in [1.82, 2.24) is 9.13 Å². The maximum atomic E-state index is 10.3. The average Bonchev–Trinajstić information content (AvgIpc) is 1.88. The molecule has 0 N–H and O–H groups in total. The van der Waals surface area contributed by atoms with Crippen LogP contribution in [0.2, 0.25) is 13.1 Å². The molecule has 0 amide bonds. The van der Waals surface area contributed by atoms with Gasteiger partial charge in [-0.1, -0.05) is 0 Å². The molecule has 0 aliphatic rings. The Morgan fingerprint density at radius 2 is 0.923 bits per heavy atom. The molecule has 4 nitrogen and oxygen atoms in total. The van der Waals surface area contributed by atoms with Crippen molar-refractivity contribution in [1.29, 1.82) is 0 Å². The molecule has 0 atom stereocenters. The SMILES string of the molecule is CN(C)[Si](C)=O.CN(C)[Si](C)=O.[H-].[H-].[Sr+2]. The molecule has 0 aliphatic carbocycles. The van der Waals surface area contributed by atoms with Gasteiger partial charge in [-0.15, -0.1) is 0 Å². The predicted molar refractivity (Wildman–Crippen MR) is 60.0 cm³/mol. The molecule has 0 bridgehead atoms. The van der Waals surface area contributed by atoms with Crippen LogP contribution in [0.15, 0.2) is 0 Å². The van der Waals surface area contributed by atoms with Gasteiger partial charge in [0.25, 0.3) is 0 Å². The zero-order chi connectivity index (χ0) is 10.3. The molecular formula is C6H20N2O2Si2Sr. The molecule has 0 radical (unpaired) electrons. The van der Waals surface area contributed by atoms with Gasteiger partial charge < -0.3 is 20.9 Å². The molecule has 13 heavy (non-hydrogen) atoms. The fraction of sp³-hybridized carbons (Fsp3) is 1.00. The summed E-state index contributed by atoms with van der Waals surface area (Å²) in [5.41, 5.74) is 0. The average molecular weight is 296 g/mol. The van der Waals surface area contributed by atoms with Crippen LogP contribution >= 0.6 is 0 Å². The van der Waals surface area contributed by atoms with E-state index in [1.54, 1.807) is 50.4 Å². The van der Waals surface area contributed by atoms with Crippen LogP contribution in [0, 0.1) is 0 Å². The maximum absolute atomic E-state index is 10.3. The van der Waals surface area contributed by atoms with Gasteiger partial charge in [0.15, 0.2) is 0 Å². The summed E-state index contributed by atoms with van der Waals surface area (Å²) in [4.78, 5) is 0. The van der Waals surface area contributed by atoms with E-state index in [2.05, 4.69) is 0 Å². The van der Waals surface area contributed by atoms with Crippen LogP contribution < -0.4 is 0 Å². The minimum Gasteiger partial charge on any atom is -1.00 e. The molecule has 0 heterocycles. The zero-order valence-corrected chi connectivity index (χ0v) is 14.9. The molecule has 0 aromatic rings. The zero-order valence-electron chi connectivity index (χ0n) is 11.4. The standard InChI is InChI=1S/2C3H9NOSi.Sr.2H/c2*1-4(2)6(3)5;;;/h2*1-3H3;;;/q;;+2;2*-1. The largest absolute Gasteiger partial charge is 2.00 e. The third-order valence-corrected chi connectivity index (χ3v) is 3.78. The minimum atomic E-state index is -1.37. The Morgan fingerprint density at radius 3 is 0.923 bits per heavy atom. The first-order valence-electron chi connectivity index (χ1n) is 3.64. The number of hydrogen-bond donors (Lipinski definition) is 0. The van der Waals surface area contributed by atoms with Crippen molar-refractivity contribution >= 4 is 63.2 Å². The van der Waals surface area contributed by atoms with Crippen molar-refractivity contribution in [2.45, 2.75) is 13.1 Å². The Kier molecular flexibility index (Phi) is 16.9. The second-order valence-corrected chi connectivity index (χ2v) is 6.69. The van der Waals surface area contributed by atoms with Crippen LogP contribution in [0.4, 0.5) is 0 Å². The van der Waals surface area contributed by atoms with Gasteiger partial charge in [0, 0.05) is 0 Å². The molecule has 0 saturated carbocycles. The molecule has 0 aliphatic heterocycles. The van der Waals surface area contributed by atoms with E-state index in [-0.39, 0.29) is 48.3 Å². The summed E-state index contributed by atoms with van der Waals surface area (Å²) in [6, 6.07) is 0. The first-order chi connectivity index (χ1) is 5.29. The van der Waals surface area contributed by atoms with Crippen LogP contribution in [-0.4, -0.2) is 100 Å². The molecule has 0 fully saturated rings. The smallest absolute Gasteiger partial charge is 1.00 e. The second-order valence-electron chi connectivity index (χ2n) is 2.83. The molecule has 0 rings (SSSR count). The van der Waals surface area contributed by atoms with Gasteiger partial charge in [-0.25, -0.2) is 0 Å². The summed E-state index contributed by atoms with van der Waals surface area (Å²) in [5, 5.41) is 0. The molecule has 0 spiro atoms. The van der Waals surface area contributed by atoms with E-state index in [9.17, 15) is 8.92 Å². The number of rotatable bonds is 2. The Labute approximate surface area is 124 Å². The van der Waals surface area contributed by atoms with E-state index in [0.717, 1.165) is 0 Å². The monoisotopic (exact) mass is 296 g/mol. The van der Waals surface area contributed by atoms with Gasteiger partial charge in [-0.05, 0) is 41.3 Å². The molecule has 76 valence electrons. The normalized spacial score (nSPS) is 7.23. The van der Waals surface area contributed by atoms with Gasteiger partial charge in [0.05, 0.1) is 0 Å². The Balaban J connectivity index is -0.0000000370. The Bertz CT molecular complexity index is 155. The van der Waals surface area contributed by atoms with E-state index >= 15 is 0 Å². The number of hydrogen-bond acceptors (Lipinski definition) is 2. The molecular weight excluding hydrogens is 276 g/mol. The van der Waals surface area contributed by atoms with E-state index in [0.29, 0.717) is 0 Å². The summed E-state index contributed by atoms with van der Waals surface area (Å²) >= 11 is 0. The van der Waals surface area contributed by atoms with E-state index < -0.39 is 17.7 Å². The van der Waals surface area contributed by atoms with Crippen LogP contribution in [0.1, 0.15) is 2.85 Å². The van der Waals surface area contributed by atoms with E-state index in [1.807, 2.05) is 0 Å². The summed E-state index contributed by atoms with van der Waals surface area (Å²) in [7, 11) is 4.49. The van der Waals surface area contributed by atoms with Gasteiger partial charge in [-0.2, -0.15) is 0 Å². The molecule has 0 saturated heterocycles. The van der Waals surface area contributed by atoms with Crippen molar-refractivity contribution in [2.24, 2.45) is 0 Å². The maximum Gasteiger partial charge on any atom is 2.00 e. The van der Waals surface area contributed by atoms with E-state index in [1.165, 1.54) is 0 Å². The van der Waals surface area contributed by atoms with Gasteiger partial charge >= 0.3 is 63.2 Å². The fourth-order valence-electron chi connectivity index (χ4n) is 0. The van der Waals surface area contributed by atoms with Crippen LogP contribution in [0.3, 0.4) is 0 Å². The first kappa shape index (κ1) is 19.7. The van der Waals surface area contributed by atoms with Crippen LogP contribution in [0.5, 0.6) is 0 Å². The molecule has 0 aromatic carbocycles. The van der Waals surface area contributed by atoms with Crippen molar-refractivity contribution in [2.75, 3.05) is 28.2 Å². The molecule has 0 aromatic heterocycles. The van der Waals surface area contributed by atoms with E-state index in [4.69, 9.17) is 0 Å². The third-order valence-electron chi connectivity index (χ3n) is 1.26. The summed E-state index contributed by atoms with van der Waals surface area (Å²) < 4.78 is 23.9. The summed E-state index contributed by atoms with van der Waals surface area (Å²) in [6.45, 7) is 3.43. The quantitative estimate of drug-likeness (QED) is 0.675. The second kappa shape index (κ2) is 11.2. The van der Waals surface area contributed by atoms with Crippen LogP contribution in [-0.2, 0) is 8.92 Å². The minimum absolute atomic E-state index is 0. The fourth-order valence-corrected chi connectivity index (χ4v) is 0. The topological polar surface area (TPSA) is 40.6 Å². The van der Waals surface area contributed by atoms with Crippen molar-refractivity contribution < 1.29 is 11.8 Å². The summed E-state index contributed by atoms with van der Waals surface area (Å²) in [6.07, 6.45) is 0. The van der Waals surface area contributed by atoms with Gasteiger partial charge in [0.1, 0.15) is 0 Å². The summed E-state index contributed by atoms with van der Waals surface area (Å²) in [5.74, 6) is 0. The van der Waals surface area contributed by atoms with Crippen molar-refractivity contribution in [3.63, 3.8) is 0 Å². The van der Waals surface area contributed by atoms with Gasteiger partial charge in [0.2, 0.25) is 0 Å². The number of nitrogens with zero attached hydrogens (tertiary/aromatic N) is 2. The Hall–Kier alpha value is 1.11. The van der Waals surface area contributed by atoms with Crippen molar-refractivity contribution in [3.05, 3.63) is 0 Å². The van der Waals surface area contributed by atoms with Crippen molar-refractivity contribution in [3.8, 4) is 0 Å². The van der Waals surface area contributed by atoms with Gasteiger partial charge in [-0.3, -0.25) is 0 Å².